The van der Waals surface area contributed by atoms with Crippen molar-refractivity contribution in [3.05, 3.63) is 43.4 Å². The van der Waals surface area contributed by atoms with Crippen molar-refractivity contribution in [3.63, 3.8) is 0 Å². The van der Waals surface area contributed by atoms with Crippen LogP contribution in [0.2, 0.25) is 0 Å². The molecule has 0 unspecified atom stereocenters. The number of anilines is 1. The molecule has 1 aliphatic rings. The van der Waals surface area contributed by atoms with E-state index >= 15 is 0 Å². The van der Waals surface area contributed by atoms with Gasteiger partial charge in [0, 0.05) is 37.2 Å². The summed E-state index contributed by atoms with van der Waals surface area (Å²) in [4.78, 5) is 23.0. The molecule has 6 nitrogen and oxygen atoms in total. The van der Waals surface area contributed by atoms with Gasteiger partial charge in [0.2, 0.25) is 0 Å². The number of hydrogen-bond donors (Lipinski definition) is 0. The third-order valence-corrected chi connectivity index (χ3v) is 2.52. The second-order valence-electron chi connectivity index (χ2n) is 3.94. The Morgan fingerprint density at radius 3 is 2.68 bits per heavy atom. The lowest BCUT2D eigenvalue weighted by molar-refractivity contribution is 0.126. The van der Waals surface area contributed by atoms with Crippen molar-refractivity contribution >= 4 is 11.9 Å². The summed E-state index contributed by atoms with van der Waals surface area (Å²) in [6.45, 7) is 2.49. The number of rotatable bonds is 4. The van der Waals surface area contributed by atoms with Crippen molar-refractivity contribution in [3.8, 4) is 0 Å². The average molecular weight is 260 g/mol. The molecule has 0 bridgehead atoms. The lowest BCUT2D eigenvalue weighted by atomic mass is 10.4. The molecule has 2 rings (SSSR count). The second-order valence-corrected chi connectivity index (χ2v) is 3.94. The first-order valence-electron chi connectivity index (χ1n) is 6.17. The molecular formula is C13H16N4O2. The van der Waals surface area contributed by atoms with Gasteiger partial charge in [0.1, 0.15) is 0 Å². The smallest absolute Gasteiger partial charge is 0.418 e. The van der Waals surface area contributed by atoms with Crippen LogP contribution >= 0.6 is 0 Å². The highest BCUT2D eigenvalue weighted by atomic mass is 16.6. The number of ether oxygens (including phenoxy) is 1. The minimum atomic E-state index is -0.375. The van der Waals surface area contributed by atoms with Crippen molar-refractivity contribution in [2.24, 2.45) is 0 Å². The highest BCUT2D eigenvalue weighted by Gasteiger charge is 2.13. The predicted molar refractivity (Wildman–Crippen MR) is 70.9 cm³/mol. The number of carbonyl (C=O) groups is 1. The zero-order valence-corrected chi connectivity index (χ0v) is 10.8. The van der Waals surface area contributed by atoms with Crippen LogP contribution in [0.4, 0.5) is 10.6 Å². The quantitative estimate of drug-likeness (QED) is 0.778. The molecule has 6 heteroatoms. The van der Waals surface area contributed by atoms with Gasteiger partial charge in [-0.15, -0.1) is 0 Å². The summed E-state index contributed by atoms with van der Waals surface area (Å²) < 4.78 is 5.10. The standard InChI is InChI=1S/C13H16N4O2/c1-2-3-10-19-13(18)17-8-6-16(7-9-17)12-11-14-4-5-15-12/h4-9,11H,2-3,10H2,1H3. The molecule has 0 radical (unpaired) electrons. The van der Waals surface area contributed by atoms with Gasteiger partial charge in [0.15, 0.2) is 5.82 Å². The molecule has 0 N–H and O–H groups in total. The fraction of sp³-hybridized carbons (Fsp3) is 0.308. The van der Waals surface area contributed by atoms with Crippen LogP contribution in [0.5, 0.6) is 0 Å². The molecule has 1 aliphatic heterocycles. The first kappa shape index (κ1) is 13.1. The summed E-state index contributed by atoms with van der Waals surface area (Å²) in [5.74, 6) is 0.689. The van der Waals surface area contributed by atoms with Crippen LogP contribution in [0.1, 0.15) is 19.8 Å². The number of amides is 1. The van der Waals surface area contributed by atoms with E-state index in [2.05, 4.69) is 9.97 Å². The zero-order chi connectivity index (χ0) is 13.5. The van der Waals surface area contributed by atoms with E-state index in [-0.39, 0.29) is 6.09 Å². The van der Waals surface area contributed by atoms with E-state index in [1.165, 1.54) is 4.90 Å². The highest BCUT2D eigenvalue weighted by molar-refractivity contribution is 5.71. The number of carbonyl (C=O) groups excluding carboxylic acids is 1. The summed E-state index contributed by atoms with van der Waals surface area (Å²) in [5, 5.41) is 0. The Hall–Kier alpha value is -2.37. The molecule has 19 heavy (non-hydrogen) atoms. The van der Waals surface area contributed by atoms with E-state index in [0.29, 0.717) is 12.4 Å². The van der Waals surface area contributed by atoms with E-state index in [0.717, 1.165) is 12.8 Å². The van der Waals surface area contributed by atoms with E-state index < -0.39 is 0 Å². The van der Waals surface area contributed by atoms with Crippen LogP contribution in [-0.2, 0) is 4.74 Å². The van der Waals surface area contributed by atoms with Crippen molar-refractivity contribution in [2.45, 2.75) is 19.8 Å². The molecule has 0 saturated heterocycles. The molecule has 0 atom stereocenters. The van der Waals surface area contributed by atoms with Gasteiger partial charge >= 0.3 is 6.09 Å². The Bertz CT molecular complexity index is 459. The minimum Gasteiger partial charge on any atom is -0.449 e. The Kier molecular flexibility index (Phi) is 4.49. The molecule has 100 valence electrons. The average Bonchev–Trinajstić information content (AvgIpc) is 2.48. The van der Waals surface area contributed by atoms with Crippen LogP contribution in [-0.4, -0.2) is 27.6 Å². The Labute approximate surface area is 112 Å². The fourth-order valence-electron chi connectivity index (χ4n) is 1.46. The summed E-state index contributed by atoms with van der Waals surface area (Å²) in [6, 6.07) is 0. The van der Waals surface area contributed by atoms with Crippen molar-refractivity contribution in [1.82, 2.24) is 14.9 Å². The summed E-state index contributed by atoms with van der Waals surface area (Å²) >= 11 is 0. The SMILES string of the molecule is CCCCOC(=O)N1C=CN(c2cnccn2)C=C1. The van der Waals surface area contributed by atoms with Gasteiger partial charge in [-0.3, -0.25) is 9.88 Å². The molecule has 1 aromatic rings. The minimum absolute atomic E-state index is 0.375. The van der Waals surface area contributed by atoms with Crippen molar-refractivity contribution in [1.29, 1.82) is 0 Å². The maximum Gasteiger partial charge on any atom is 0.418 e. The summed E-state index contributed by atoms with van der Waals surface area (Å²) in [6.07, 6.45) is 13.1. The Morgan fingerprint density at radius 2 is 2.05 bits per heavy atom. The molecule has 0 saturated carbocycles. The molecule has 1 amide bonds. The molecule has 0 aromatic carbocycles. The molecule has 0 fully saturated rings. The van der Waals surface area contributed by atoms with Gasteiger partial charge in [0.05, 0.1) is 12.8 Å². The maximum atomic E-state index is 11.7. The summed E-state index contributed by atoms with van der Waals surface area (Å²) in [5.41, 5.74) is 0. The van der Waals surface area contributed by atoms with Gasteiger partial charge in [0.25, 0.3) is 0 Å². The van der Waals surface area contributed by atoms with Crippen LogP contribution in [0.25, 0.3) is 0 Å². The van der Waals surface area contributed by atoms with E-state index in [9.17, 15) is 4.79 Å². The molecule has 0 spiro atoms. The lowest BCUT2D eigenvalue weighted by Crippen LogP contribution is -2.26. The molecular weight excluding hydrogens is 244 g/mol. The van der Waals surface area contributed by atoms with Gasteiger partial charge < -0.3 is 9.64 Å². The van der Waals surface area contributed by atoms with E-state index in [4.69, 9.17) is 4.74 Å². The van der Waals surface area contributed by atoms with E-state index in [1.807, 2.05) is 6.92 Å². The van der Waals surface area contributed by atoms with Crippen LogP contribution < -0.4 is 4.90 Å². The topological polar surface area (TPSA) is 58.6 Å². The number of nitrogens with zero attached hydrogens (tertiary/aromatic N) is 4. The lowest BCUT2D eigenvalue weighted by Gasteiger charge is -2.22. The van der Waals surface area contributed by atoms with Gasteiger partial charge in [-0.25, -0.2) is 9.78 Å². The van der Waals surface area contributed by atoms with Crippen LogP contribution in [0.15, 0.2) is 43.4 Å². The molecule has 1 aromatic heterocycles. The Morgan fingerprint density at radius 1 is 1.26 bits per heavy atom. The predicted octanol–water partition coefficient (Wildman–Crippen LogP) is 2.48. The monoisotopic (exact) mass is 260 g/mol. The van der Waals surface area contributed by atoms with Crippen molar-refractivity contribution < 1.29 is 9.53 Å². The third kappa shape index (κ3) is 3.54. The molecule has 2 heterocycles. The third-order valence-electron chi connectivity index (χ3n) is 2.52. The Balaban J connectivity index is 1.90. The number of aromatic nitrogens is 2. The van der Waals surface area contributed by atoms with Gasteiger partial charge in [-0.2, -0.15) is 0 Å². The van der Waals surface area contributed by atoms with Crippen LogP contribution in [0, 0.1) is 0 Å². The van der Waals surface area contributed by atoms with E-state index in [1.54, 1.807) is 48.3 Å². The second kappa shape index (κ2) is 6.53. The number of unbranched alkanes of at least 4 members (excludes halogenated alkanes) is 1. The maximum absolute atomic E-state index is 11.7. The zero-order valence-electron chi connectivity index (χ0n) is 10.8. The normalized spacial score (nSPS) is 13.7. The van der Waals surface area contributed by atoms with Gasteiger partial charge in [-0.1, -0.05) is 13.3 Å². The molecule has 0 aliphatic carbocycles. The van der Waals surface area contributed by atoms with Gasteiger partial charge in [-0.05, 0) is 6.42 Å². The highest BCUT2D eigenvalue weighted by Crippen LogP contribution is 2.14. The summed E-state index contributed by atoms with van der Waals surface area (Å²) in [7, 11) is 0. The number of hydrogen-bond acceptors (Lipinski definition) is 5. The fourth-order valence-corrected chi connectivity index (χ4v) is 1.46. The van der Waals surface area contributed by atoms with Crippen molar-refractivity contribution in [2.75, 3.05) is 11.5 Å². The largest absolute Gasteiger partial charge is 0.449 e. The van der Waals surface area contributed by atoms with Crippen LogP contribution in [0.3, 0.4) is 0 Å². The first-order valence-corrected chi connectivity index (χ1v) is 6.17. The first-order chi connectivity index (χ1) is 9.31.